The van der Waals surface area contributed by atoms with Gasteiger partial charge in [-0.25, -0.2) is 12.7 Å². The van der Waals surface area contributed by atoms with E-state index in [0.29, 0.717) is 12.1 Å². The van der Waals surface area contributed by atoms with Crippen LogP contribution in [0.5, 0.6) is 0 Å². The number of nitrogens with zero attached hydrogens (tertiary/aromatic N) is 1. The molecular weight excluding hydrogens is 364 g/mol. The Morgan fingerprint density at radius 1 is 1.29 bits per heavy atom. The molecule has 5 nitrogen and oxygen atoms in total. The van der Waals surface area contributed by atoms with Crippen LogP contribution in [0.2, 0.25) is 0 Å². The van der Waals surface area contributed by atoms with Gasteiger partial charge >= 0.3 is 0 Å². The number of carbonyl (C=O) groups excluding carboxylic acids is 1. The fourth-order valence-electron chi connectivity index (χ4n) is 1.91. The molecule has 0 aliphatic carbocycles. The van der Waals surface area contributed by atoms with Gasteiger partial charge in [-0.15, -0.1) is 0 Å². The molecule has 2 rings (SSSR count). The molecule has 0 saturated heterocycles. The summed E-state index contributed by atoms with van der Waals surface area (Å²) in [5.41, 5.74) is 1.64. The highest BCUT2D eigenvalue weighted by Crippen LogP contribution is 2.16. The molecule has 24 heavy (non-hydrogen) atoms. The van der Waals surface area contributed by atoms with Crippen molar-refractivity contribution in [2.75, 3.05) is 26.4 Å². The quantitative estimate of drug-likeness (QED) is 0.711. The molecule has 2 aromatic rings. The lowest BCUT2D eigenvalue weighted by molar-refractivity contribution is 0.0956. The van der Waals surface area contributed by atoms with Crippen molar-refractivity contribution in [1.82, 2.24) is 9.62 Å². The van der Waals surface area contributed by atoms with Crippen molar-refractivity contribution in [3.8, 4) is 0 Å². The van der Waals surface area contributed by atoms with Crippen molar-refractivity contribution in [1.29, 1.82) is 0 Å². The van der Waals surface area contributed by atoms with Crippen LogP contribution in [-0.4, -0.2) is 45.0 Å². The predicted molar refractivity (Wildman–Crippen MR) is 100 cm³/mol. The maximum absolute atomic E-state index is 12.2. The summed E-state index contributed by atoms with van der Waals surface area (Å²) < 4.78 is 25.4. The maximum Gasteiger partial charge on any atom is 0.251 e. The average Bonchev–Trinajstić information content (AvgIpc) is 3.07. The highest BCUT2D eigenvalue weighted by Gasteiger charge is 2.18. The SMILES string of the molecule is CN(C)S(=O)(=O)c1cccc(C(=O)NCCSCc2ccsc2)c1. The first-order valence-corrected chi connectivity index (χ1v) is 10.8. The van der Waals surface area contributed by atoms with Crippen molar-refractivity contribution >= 4 is 39.0 Å². The van der Waals surface area contributed by atoms with Crippen molar-refractivity contribution in [3.63, 3.8) is 0 Å². The number of hydrogen-bond donors (Lipinski definition) is 1. The summed E-state index contributed by atoms with van der Waals surface area (Å²) >= 11 is 3.42. The molecule has 0 bridgehead atoms. The Hall–Kier alpha value is -1.35. The lowest BCUT2D eigenvalue weighted by Crippen LogP contribution is -2.26. The van der Waals surface area contributed by atoms with E-state index in [9.17, 15) is 13.2 Å². The number of hydrogen-bond acceptors (Lipinski definition) is 5. The van der Waals surface area contributed by atoms with E-state index in [1.165, 1.54) is 31.8 Å². The van der Waals surface area contributed by atoms with Gasteiger partial charge in [0.15, 0.2) is 0 Å². The summed E-state index contributed by atoms with van der Waals surface area (Å²) in [4.78, 5) is 12.3. The fraction of sp³-hybridized carbons (Fsp3) is 0.312. The Morgan fingerprint density at radius 3 is 2.75 bits per heavy atom. The van der Waals surface area contributed by atoms with E-state index in [2.05, 4.69) is 16.8 Å². The Morgan fingerprint density at radius 2 is 2.08 bits per heavy atom. The second-order valence-corrected chi connectivity index (χ2v) is 9.29. The van der Waals surface area contributed by atoms with Crippen LogP contribution in [0.3, 0.4) is 0 Å². The van der Waals surface area contributed by atoms with Crippen molar-refractivity contribution < 1.29 is 13.2 Å². The topological polar surface area (TPSA) is 66.5 Å². The first-order valence-electron chi connectivity index (χ1n) is 7.31. The van der Waals surface area contributed by atoms with E-state index in [1.54, 1.807) is 35.2 Å². The van der Waals surface area contributed by atoms with Crippen LogP contribution in [0.4, 0.5) is 0 Å². The summed E-state index contributed by atoms with van der Waals surface area (Å²) in [6.07, 6.45) is 0. The summed E-state index contributed by atoms with van der Waals surface area (Å²) in [6.45, 7) is 0.540. The van der Waals surface area contributed by atoms with Crippen molar-refractivity contribution in [2.24, 2.45) is 0 Å². The Labute approximate surface area is 151 Å². The number of thiophene rings is 1. The zero-order chi connectivity index (χ0) is 17.6. The zero-order valence-electron chi connectivity index (χ0n) is 13.6. The predicted octanol–water partition coefficient (Wildman–Crippen LogP) is 2.66. The van der Waals surface area contributed by atoms with Crippen LogP contribution in [-0.2, 0) is 15.8 Å². The fourth-order valence-corrected chi connectivity index (χ4v) is 4.44. The van der Waals surface area contributed by atoms with Crippen LogP contribution in [0, 0.1) is 0 Å². The number of carbonyl (C=O) groups is 1. The second-order valence-electron chi connectivity index (χ2n) is 5.26. The number of sulfonamides is 1. The molecule has 0 atom stereocenters. The minimum atomic E-state index is -3.54. The van der Waals surface area contributed by atoms with Gasteiger partial charge < -0.3 is 5.32 Å². The molecule has 0 aliphatic heterocycles. The van der Waals surface area contributed by atoms with Crippen LogP contribution in [0.1, 0.15) is 15.9 Å². The Balaban J connectivity index is 1.86. The zero-order valence-corrected chi connectivity index (χ0v) is 16.0. The monoisotopic (exact) mass is 384 g/mol. The minimum absolute atomic E-state index is 0.118. The Bertz CT molecular complexity index is 772. The van der Waals surface area contributed by atoms with Crippen LogP contribution < -0.4 is 5.32 Å². The molecule has 1 aromatic carbocycles. The van der Waals surface area contributed by atoms with E-state index in [-0.39, 0.29) is 10.8 Å². The first-order chi connectivity index (χ1) is 11.4. The van der Waals surface area contributed by atoms with Crippen LogP contribution >= 0.6 is 23.1 Å². The third kappa shape index (κ3) is 5.07. The molecule has 0 saturated carbocycles. The molecule has 0 aliphatic rings. The summed E-state index contributed by atoms with van der Waals surface area (Å²) in [6, 6.07) is 8.18. The number of rotatable bonds is 8. The van der Waals surface area contributed by atoms with Gasteiger partial charge in [0, 0.05) is 37.7 Å². The number of nitrogens with one attached hydrogen (secondary N) is 1. The highest BCUT2D eigenvalue weighted by molar-refractivity contribution is 7.98. The van der Waals surface area contributed by atoms with E-state index in [0.717, 1.165) is 15.8 Å². The first kappa shape index (κ1) is 19.0. The molecule has 1 N–H and O–H groups in total. The summed E-state index contributed by atoms with van der Waals surface area (Å²) in [7, 11) is -0.607. The molecular formula is C16H20N2O3S3. The molecule has 0 fully saturated rings. The van der Waals surface area contributed by atoms with E-state index >= 15 is 0 Å². The van der Waals surface area contributed by atoms with Gasteiger partial charge in [0.05, 0.1) is 4.90 Å². The van der Waals surface area contributed by atoms with Gasteiger partial charge in [-0.05, 0) is 40.6 Å². The molecule has 1 aromatic heterocycles. The molecule has 0 spiro atoms. The molecule has 0 unspecified atom stereocenters. The van der Waals surface area contributed by atoms with Crippen molar-refractivity contribution in [2.45, 2.75) is 10.6 Å². The maximum atomic E-state index is 12.2. The van der Waals surface area contributed by atoms with Crippen LogP contribution in [0.15, 0.2) is 46.0 Å². The molecule has 130 valence electrons. The average molecular weight is 385 g/mol. The Kier molecular flexibility index (Phi) is 6.85. The highest BCUT2D eigenvalue weighted by atomic mass is 32.2. The van der Waals surface area contributed by atoms with Gasteiger partial charge in [0.2, 0.25) is 10.0 Å². The molecule has 1 amide bonds. The lowest BCUT2D eigenvalue weighted by Gasteiger charge is -2.12. The number of amides is 1. The van der Waals surface area contributed by atoms with E-state index in [4.69, 9.17) is 0 Å². The molecule has 1 heterocycles. The third-order valence-corrected chi connectivity index (χ3v) is 6.83. The van der Waals surface area contributed by atoms with Gasteiger partial charge in [-0.1, -0.05) is 6.07 Å². The summed E-state index contributed by atoms with van der Waals surface area (Å²) in [5.74, 6) is 1.47. The normalized spacial score (nSPS) is 11.6. The van der Waals surface area contributed by atoms with Crippen molar-refractivity contribution in [3.05, 3.63) is 52.2 Å². The summed E-state index contributed by atoms with van der Waals surface area (Å²) in [5, 5.41) is 6.98. The third-order valence-electron chi connectivity index (χ3n) is 3.26. The van der Waals surface area contributed by atoms with E-state index < -0.39 is 10.0 Å². The minimum Gasteiger partial charge on any atom is -0.351 e. The van der Waals surface area contributed by atoms with Gasteiger partial charge in [0.1, 0.15) is 0 Å². The standard InChI is InChI=1S/C16H20N2O3S3/c1-18(2)24(20,21)15-5-3-4-14(10-15)16(19)17-7-9-23-12-13-6-8-22-11-13/h3-6,8,10-11H,7,9,12H2,1-2H3,(H,17,19). The smallest absolute Gasteiger partial charge is 0.251 e. The van der Waals surface area contributed by atoms with Crippen LogP contribution in [0.25, 0.3) is 0 Å². The molecule has 8 heteroatoms. The van der Waals surface area contributed by atoms with E-state index in [1.807, 2.05) is 5.38 Å². The number of benzene rings is 1. The molecule has 0 radical (unpaired) electrons. The van der Waals surface area contributed by atoms with Gasteiger partial charge in [-0.2, -0.15) is 23.1 Å². The number of thioether (sulfide) groups is 1. The lowest BCUT2D eigenvalue weighted by atomic mass is 10.2. The van der Waals surface area contributed by atoms with Gasteiger partial charge in [-0.3, -0.25) is 4.79 Å². The van der Waals surface area contributed by atoms with Gasteiger partial charge in [0.25, 0.3) is 5.91 Å². The largest absolute Gasteiger partial charge is 0.351 e. The second kappa shape index (κ2) is 8.66.